The molecule has 1 aromatic carbocycles. The zero-order valence-corrected chi connectivity index (χ0v) is 13.3. The number of aliphatic hydroxyl groups is 1. The first-order chi connectivity index (χ1) is 11.5. The summed E-state index contributed by atoms with van der Waals surface area (Å²) < 4.78 is 31.6. The number of benzene rings is 1. The Hall–Kier alpha value is -2.41. The van der Waals surface area contributed by atoms with Gasteiger partial charge in [-0.05, 0) is 49.2 Å². The summed E-state index contributed by atoms with van der Waals surface area (Å²) in [7, 11) is 0. The maximum absolute atomic E-state index is 13.5. The summed E-state index contributed by atoms with van der Waals surface area (Å²) in [5.41, 5.74) is 0.205. The average Bonchev–Trinajstić information content (AvgIpc) is 3.05. The minimum absolute atomic E-state index is 0.166. The molecule has 2 rings (SSSR count). The van der Waals surface area contributed by atoms with E-state index in [9.17, 15) is 18.7 Å². The molecule has 0 fully saturated rings. The number of rotatable bonds is 7. The highest BCUT2D eigenvalue weighted by Crippen LogP contribution is 2.18. The van der Waals surface area contributed by atoms with Crippen LogP contribution in [0.5, 0.6) is 0 Å². The summed E-state index contributed by atoms with van der Waals surface area (Å²) in [6.45, 7) is 1.91. The normalized spacial score (nSPS) is 13.3. The molecule has 0 aliphatic rings. The Balaban J connectivity index is 1.71. The second-order valence-electron chi connectivity index (χ2n) is 5.55. The van der Waals surface area contributed by atoms with Crippen LogP contribution in [0.2, 0.25) is 0 Å². The van der Waals surface area contributed by atoms with E-state index in [0.29, 0.717) is 12.2 Å². The van der Waals surface area contributed by atoms with E-state index in [0.717, 1.165) is 18.2 Å². The average molecular weight is 338 g/mol. The van der Waals surface area contributed by atoms with Gasteiger partial charge in [-0.1, -0.05) is 0 Å². The predicted octanol–water partition coefficient (Wildman–Crippen LogP) is 2.91. The van der Waals surface area contributed by atoms with Crippen LogP contribution in [-0.4, -0.2) is 23.7 Å². The zero-order chi connectivity index (χ0) is 17.5. The van der Waals surface area contributed by atoms with Gasteiger partial charge in [0.1, 0.15) is 23.5 Å². The number of carbonyl (C=O) groups is 1. The number of hydrogen-bond donors (Lipinski definition) is 3. The van der Waals surface area contributed by atoms with Gasteiger partial charge in [0.25, 0.3) is 0 Å². The number of urea groups is 1. The molecule has 2 amide bonds. The van der Waals surface area contributed by atoms with Gasteiger partial charge in [-0.25, -0.2) is 13.6 Å². The molecule has 5 nitrogen and oxygen atoms in total. The van der Waals surface area contributed by atoms with Crippen molar-refractivity contribution in [2.24, 2.45) is 0 Å². The van der Waals surface area contributed by atoms with Crippen LogP contribution in [0.25, 0.3) is 0 Å². The molecule has 0 saturated heterocycles. The summed E-state index contributed by atoms with van der Waals surface area (Å²) in [5, 5.41) is 15.2. The molecule has 24 heavy (non-hydrogen) atoms. The van der Waals surface area contributed by atoms with Gasteiger partial charge in [0.15, 0.2) is 0 Å². The Morgan fingerprint density at radius 1 is 1.33 bits per heavy atom. The first kappa shape index (κ1) is 17.9. The predicted molar refractivity (Wildman–Crippen MR) is 84.3 cm³/mol. The van der Waals surface area contributed by atoms with Crippen LogP contribution in [0.3, 0.4) is 0 Å². The van der Waals surface area contributed by atoms with Crippen LogP contribution in [-0.2, 0) is 6.42 Å². The third kappa shape index (κ3) is 5.34. The van der Waals surface area contributed by atoms with E-state index in [1.165, 1.54) is 6.26 Å². The summed E-state index contributed by atoms with van der Waals surface area (Å²) in [6, 6.07) is 5.81. The molecule has 3 N–H and O–H groups in total. The van der Waals surface area contributed by atoms with E-state index in [2.05, 4.69) is 10.6 Å². The van der Waals surface area contributed by atoms with Crippen LogP contribution in [0.15, 0.2) is 41.0 Å². The Bertz CT molecular complexity index is 662. The summed E-state index contributed by atoms with van der Waals surface area (Å²) in [6.07, 6.45) is 1.13. The van der Waals surface area contributed by atoms with Gasteiger partial charge in [0.05, 0.1) is 6.26 Å². The fourth-order valence-electron chi connectivity index (χ4n) is 2.31. The van der Waals surface area contributed by atoms with E-state index >= 15 is 0 Å². The van der Waals surface area contributed by atoms with Crippen molar-refractivity contribution < 1.29 is 23.1 Å². The highest BCUT2D eigenvalue weighted by molar-refractivity contribution is 5.74. The SMILES string of the molecule is C[C@H](C[C@@H](O)c1ccco1)NC(=O)NCCc1cc(F)ccc1F. The summed E-state index contributed by atoms with van der Waals surface area (Å²) >= 11 is 0. The molecule has 130 valence electrons. The first-order valence-electron chi connectivity index (χ1n) is 7.65. The lowest BCUT2D eigenvalue weighted by Gasteiger charge is -2.17. The lowest BCUT2D eigenvalue weighted by atomic mass is 10.1. The minimum Gasteiger partial charge on any atom is -0.467 e. The van der Waals surface area contributed by atoms with Crippen molar-refractivity contribution in [2.75, 3.05) is 6.54 Å². The van der Waals surface area contributed by atoms with Crippen molar-refractivity contribution in [2.45, 2.75) is 31.9 Å². The van der Waals surface area contributed by atoms with E-state index < -0.39 is 23.8 Å². The van der Waals surface area contributed by atoms with Gasteiger partial charge in [0.2, 0.25) is 0 Å². The van der Waals surface area contributed by atoms with Gasteiger partial charge >= 0.3 is 6.03 Å². The molecular formula is C17H20F2N2O3. The lowest BCUT2D eigenvalue weighted by molar-refractivity contribution is 0.129. The summed E-state index contributed by atoms with van der Waals surface area (Å²) in [4.78, 5) is 11.8. The quantitative estimate of drug-likeness (QED) is 0.727. The number of nitrogens with one attached hydrogen (secondary N) is 2. The number of hydrogen-bond acceptors (Lipinski definition) is 3. The fourth-order valence-corrected chi connectivity index (χ4v) is 2.31. The standard InChI is InChI=1S/C17H20F2N2O3/c1-11(9-15(22)16-3-2-8-24-16)21-17(23)20-7-6-12-10-13(18)4-5-14(12)19/h2-5,8,10-11,15,22H,6-7,9H2,1H3,(H2,20,21,23)/t11-,15-/m1/s1. The van der Waals surface area contributed by atoms with Crippen molar-refractivity contribution in [3.63, 3.8) is 0 Å². The van der Waals surface area contributed by atoms with Crippen molar-refractivity contribution in [1.29, 1.82) is 0 Å². The molecule has 0 radical (unpaired) electrons. The first-order valence-corrected chi connectivity index (χ1v) is 7.65. The van der Waals surface area contributed by atoms with Crippen LogP contribution < -0.4 is 10.6 Å². The molecule has 0 unspecified atom stereocenters. The monoisotopic (exact) mass is 338 g/mol. The molecule has 7 heteroatoms. The highest BCUT2D eigenvalue weighted by Gasteiger charge is 2.16. The molecule has 0 aliphatic carbocycles. The van der Waals surface area contributed by atoms with Crippen LogP contribution in [0.1, 0.15) is 30.8 Å². The van der Waals surface area contributed by atoms with Gasteiger partial charge in [0, 0.05) is 19.0 Å². The minimum atomic E-state index is -0.809. The molecule has 0 bridgehead atoms. The zero-order valence-electron chi connectivity index (χ0n) is 13.3. The molecule has 1 heterocycles. The van der Waals surface area contributed by atoms with Crippen molar-refractivity contribution in [3.8, 4) is 0 Å². The van der Waals surface area contributed by atoms with E-state index in [-0.39, 0.29) is 24.6 Å². The number of furan rings is 1. The lowest BCUT2D eigenvalue weighted by Crippen LogP contribution is -2.42. The number of aliphatic hydroxyl groups excluding tert-OH is 1. The van der Waals surface area contributed by atoms with Crippen molar-refractivity contribution in [3.05, 3.63) is 59.6 Å². The molecular weight excluding hydrogens is 318 g/mol. The Morgan fingerprint density at radius 2 is 2.12 bits per heavy atom. The maximum Gasteiger partial charge on any atom is 0.315 e. The topological polar surface area (TPSA) is 74.5 Å². The second-order valence-corrected chi connectivity index (χ2v) is 5.55. The molecule has 0 spiro atoms. The number of halogens is 2. The van der Waals surface area contributed by atoms with E-state index in [4.69, 9.17) is 4.42 Å². The smallest absolute Gasteiger partial charge is 0.315 e. The maximum atomic E-state index is 13.5. The molecule has 0 aliphatic heterocycles. The van der Waals surface area contributed by atoms with Gasteiger partial charge in [-0.3, -0.25) is 0 Å². The Labute approximate surface area is 138 Å². The largest absolute Gasteiger partial charge is 0.467 e. The van der Waals surface area contributed by atoms with Crippen LogP contribution in [0.4, 0.5) is 13.6 Å². The van der Waals surface area contributed by atoms with Gasteiger partial charge < -0.3 is 20.2 Å². The molecule has 0 saturated carbocycles. The van der Waals surface area contributed by atoms with Gasteiger partial charge in [-0.2, -0.15) is 0 Å². The third-order valence-electron chi connectivity index (χ3n) is 3.51. The van der Waals surface area contributed by atoms with Crippen LogP contribution in [0, 0.1) is 11.6 Å². The third-order valence-corrected chi connectivity index (χ3v) is 3.51. The molecule has 2 aromatic rings. The van der Waals surface area contributed by atoms with Gasteiger partial charge in [-0.15, -0.1) is 0 Å². The molecule has 1 aromatic heterocycles. The van der Waals surface area contributed by atoms with Crippen molar-refractivity contribution in [1.82, 2.24) is 10.6 Å². The molecule has 2 atom stereocenters. The van der Waals surface area contributed by atoms with Crippen LogP contribution >= 0.6 is 0 Å². The second kappa shape index (κ2) is 8.44. The Morgan fingerprint density at radius 3 is 2.83 bits per heavy atom. The number of amides is 2. The van der Waals surface area contributed by atoms with E-state index in [1.54, 1.807) is 19.1 Å². The Kier molecular flexibility index (Phi) is 6.31. The fraction of sp³-hybridized carbons (Fsp3) is 0.353. The van der Waals surface area contributed by atoms with Crippen molar-refractivity contribution >= 4 is 6.03 Å². The summed E-state index contributed by atoms with van der Waals surface area (Å²) in [5.74, 6) is -0.587. The number of carbonyl (C=O) groups excluding carboxylic acids is 1. The highest BCUT2D eigenvalue weighted by atomic mass is 19.1. The van der Waals surface area contributed by atoms with E-state index in [1.807, 2.05) is 0 Å².